The number of imide groups is 1. The molecule has 8 heteroatoms. The van der Waals surface area contributed by atoms with Crippen molar-refractivity contribution in [3.05, 3.63) is 63.5 Å². The zero-order valence-corrected chi connectivity index (χ0v) is 15.2. The third kappa shape index (κ3) is 3.55. The highest BCUT2D eigenvalue weighted by atomic mass is 79.9. The topological polar surface area (TPSA) is 78.9 Å². The van der Waals surface area contributed by atoms with Gasteiger partial charge in [0.1, 0.15) is 11.5 Å². The van der Waals surface area contributed by atoms with Crippen molar-refractivity contribution in [3.8, 4) is 11.5 Å². The molecule has 2 aromatic rings. The first-order valence-corrected chi connectivity index (χ1v) is 8.34. The Morgan fingerprint density at radius 2 is 1.96 bits per heavy atom. The van der Waals surface area contributed by atoms with Gasteiger partial charge in [-0.1, -0.05) is 28.1 Å². The molecule has 0 aromatic heterocycles. The number of rotatable bonds is 4. The van der Waals surface area contributed by atoms with Crippen molar-refractivity contribution in [1.82, 2.24) is 10.2 Å². The van der Waals surface area contributed by atoms with Crippen molar-refractivity contribution in [1.29, 1.82) is 0 Å². The number of carbonyl (C=O) groups is 2. The van der Waals surface area contributed by atoms with Crippen LogP contribution in [0.25, 0.3) is 6.08 Å². The lowest BCUT2D eigenvalue weighted by molar-refractivity contribution is -0.123. The van der Waals surface area contributed by atoms with Crippen LogP contribution in [-0.4, -0.2) is 29.1 Å². The second-order valence-corrected chi connectivity index (χ2v) is 6.47. The molecule has 0 radical (unpaired) electrons. The third-order valence-electron chi connectivity index (χ3n) is 3.81. The fourth-order valence-corrected chi connectivity index (χ4v) is 2.96. The Labute approximate surface area is 157 Å². The number of phenolic OH excluding ortho intramolecular Hbond substituents is 1. The van der Waals surface area contributed by atoms with Crippen molar-refractivity contribution < 1.29 is 23.8 Å². The molecule has 1 fully saturated rings. The maximum atomic E-state index is 13.0. The van der Waals surface area contributed by atoms with Crippen LogP contribution in [0.3, 0.4) is 0 Å². The molecule has 3 rings (SSSR count). The first-order valence-electron chi connectivity index (χ1n) is 7.54. The molecule has 0 saturated carbocycles. The number of amides is 3. The summed E-state index contributed by atoms with van der Waals surface area (Å²) in [7, 11) is 1.41. The summed E-state index contributed by atoms with van der Waals surface area (Å²) in [6, 6.07) is 8.10. The number of benzene rings is 2. The summed E-state index contributed by atoms with van der Waals surface area (Å²) in [5, 5.41) is 12.7. The van der Waals surface area contributed by atoms with Crippen molar-refractivity contribution in [3.63, 3.8) is 0 Å². The van der Waals surface area contributed by atoms with Gasteiger partial charge >= 0.3 is 6.03 Å². The van der Waals surface area contributed by atoms with Gasteiger partial charge in [-0.05, 0) is 35.9 Å². The minimum absolute atomic E-state index is 0.00999. The van der Waals surface area contributed by atoms with E-state index in [1.807, 2.05) is 0 Å². The van der Waals surface area contributed by atoms with Gasteiger partial charge in [0, 0.05) is 10.0 Å². The Bertz CT molecular complexity index is 912. The number of urea groups is 1. The Hall–Kier alpha value is -2.87. The van der Waals surface area contributed by atoms with Crippen molar-refractivity contribution in [2.24, 2.45) is 0 Å². The van der Waals surface area contributed by atoms with Crippen LogP contribution in [0.4, 0.5) is 9.18 Å². The van der Waals surface area contributed by atoms with Crippen LogP contribution in [0.1, 0.15) is 11.1 Å². The standard InChI is InChI=1S/C18H14BrFN2O4/c1-26-15-8-12(19)6-11(16(15)23)7-14-17(24)22(18(25)21-14)9-10-2-4-13(20)5-3-10/h2-8,23H,9H2,1H3,(H,21,25)/b14-7+. The normalized spacial score (nSPS) is 15.5. The summed E-state index contributed by atoms with van der Waals surface area (Å²) in [6.07, 6.45) is 1.37. The largest absolute Gasteiger partial charge is 0.504 e. The van der Waals surface area contributed by atoms with Gasteiger partial charge in [-0.15, -0.1) is 0 Å². The second-order valence-electron chi connectivity index (χ2n) is 5.55. The monoisotopic (exact) mass is 420 g/mol. The third-order valence-corrected chi connectivity index (χ3v) is 4.26. The lowest BCUT2D eigenvalue weighted by Gasteiger charge is -2.11. The molecule has 2 N–H and O–H groups in total. The number of aromatic hydroxyl groups is 1. The van der Waals surface area contributed by atoms with E-state index in [9.17, 15) is 19.1 Å². The number of hydrogen-bond acceptors (Lipinski definition) is 4. The number of hydrogen-bond donors (Lipinski definition) is 2. The van der Waals surface area contributed by atoms with Crippen LogP contribution in [0.5, 0.6) is 11.5 Å². The summed E-state index contributed by atoms with van der Waals surface area (Å²) in [6.45, 7) is 0.00999. The second kappa shape index (κ2) is 7.17. The number of nitrogens with zero attached hydrogens (tertiary/aromatic N) is 1. The van der Waals surface area contributed by atoms with E-state index in [1.165, 1.54) is 37.5 Å². The predicted molar refractivity (Wildman–Crippen MR) is 95.8 cm³/mol. The Balaban J connectivity index is 1.88. The first-order chi connectivity index (χ1) is 12.4. The number of halogens is 2. The minimum Gasteiger partial charge on any atom is -0.504 e. The van der Waals surface area contributed by atoms with E-state index in [-0.39, 0.29) is 23.7 Å². The van der Waals surface area contributed by atoms with Crippen LogP contribution in [0.15, 0.2) is 46.6 Å². The zero-order chi connectivity index (χ0) is 18.8. The van der Waals surface area contributed by atoms with Gasteiger partial charge in [-0.2, -0.15) is 0 Å². The maximum Gasteiger partial charge on any atom is 0.329 e. The Morgan fingerprint density at radius 1 is 1.27 bits per heavy atom. The molecule has 6 nitrogen and oxygen atoms in total. The fraction of sp³-hybridized carbons (Fsp3) is 0.111. The highest BCUT2D eigenvalue weighted by molar-refractivity contribution is 9.10. The average Bonchev–Trinajstić information content (AvgIpc) is 2.87. The predicted octanol–water partition coefficient (Wildman–Crippen LogP) is 3.40. The molecule has 1 aliphatic rings. The van der Waals surface area contributed by atoms with E-state index in [0.717, 1.165) is 4.90 Å². The van der Waals surface area contributed by atoms with E-state index in [1.54, 1.807) is 12.1 Å². The maximum absolute atomic E-state index is 13.0. The summed E-state index contributed by atoms with van der Waals surface area (Å²) < 4.78 is 18.7. The average molecular weight is 421 g/mol. The van der Waals surface area contributed by atoms with Gasteiger partial charge in [0.15, 0.2) is 11.5 Å². The van der Waals surface area contributed by atoms with Crippen LogP contribution in [-0.2, 0) is 11.3 Å². The van der Waals surface area contributed by atoms with Gasteiger partial charge < -0.3 is 15.2 Å². The van der Waals surface area contributed by atoms with Gasteiger partial charge in [0.2, 0.25) is 0 Å². The number of phenols is 1. The van der Waals surface area contributed by atoms with Crippen molar-refractivity contribution in [2.45, 2.75) is 6.54 Å². The SMILES string of the molecule is COc1cc(Br)cc(/C=C2/NC(=O)N(Cc3ccc(F)cc3)C2=O)c1O. The summed E-state index contributed by atoms with van der Waals surface area (Å²) in [4.78, 5) is 25.6. The van der Waals surface area contributed by atoms with E-state index in [0.29, 0.717) is 15.6 Å². The van der Waals surface area contributed by atoms with Crippen molar-refractivity contribution in [2.75, 3.05) is 7.11 Å². The van der Waals surface area contributed by atoms with Crippen LogP contribution in [0, 0.1) is 5.82 Å². The van der Waals surface area contributed by atoms with Gasteiger partial charge in [0.05, 0.1) is 13.7 Å². The molecule has 0 bridgehead atoms. The van der Waals surface area contributed by atoms with Gasteiger partial charge in [-0.3, -0.25) is 9.69 Å². The highest BCUT2D eigenvalue weighted by Crippen LogP contribution is 2.35. The highest BCUT2D eigenvalue weighted by Gasteiger charge is 2.33. The molecule has 2 aromatic carbocycles. The molecule has 26 heavy (non-hydrogen) atoms. The van der Waals surface area contributed by atoms with Crippen LogP contribution < -0.4 is 10.1 Å². The van der Waals surface area contributed by atoms with E-state index in [2.05, 4.69) is 21.2 Å². The summed E-state index contributed by atoms with van der Waals surface area (Å²) in [5.41, 5.74) is 0.944. The van der Waals surface area contributed by atoms with E-state index < -0.39 is 17.8 Å². The number of methoxy groups -OCH3 is 1. The summed E-state index contributed by atoms with van der Waals surface area (Å²) >= 11 is 3.29. The van der Waals surface area contributed by atoms with E-state index in [4.69, 9.17) is 4.74 Å². The van der Waals surface area contributed by atoms with Gasteiger partial charge in [-0.25, -0.2) is 9.18 Å². The molecule has 1 heterocycles. The molecule has 3 amide bonds. The molecule has 0 aliphatic carbocycles. The first kappa shape index (κ1) is 17.9. The summed E-state index contributed by atoms with van der Waals surface area (Å²) in [5.74, 6) is -0.864. The molecule has 1 saturated heterocycles. The lowest BCUT2D eigenvalue weighted by atomic mass is 10.1. The number of carbonyl (C=O) groups excluding carboxylic acids is 2. The molecular weight excluding hydrogens is 407 g/mol. The minimum atomic E-state index is -0.591. The van der Waals surface area contributed by atoms with Crippen LogP contribution in [0.2, 0.25) is 0 Å². The van der Waals surface area contributed by atoms with E-state index >= 15 is 0 Å². The molecule has 134 valence electrons. The lowest BCUT2D eigenvalue weighted by Crippen LogP contribution is -2.30. The smallest absolute Gasteiger partial charge is 0.329 e. The fourth-order valence-electron chi connectivity index (χ4n) is 2.50. The number of nitrogens with one attached hydrogen (secondary N) is 1. The van der Waals surface area contributed by atoms with Crippen LogP contribution >= 0.6 is 15.9 Å². The molecular formula is C18H14BrFN2O4. The Kier molecular flexibility index (Phi) is 4.94. The van der Waals surface area contributed by atoms with Crippen molar-refractivity contribution >= 4 is 33.9 Å². The molecule has 0 spiro atoms. The Morgan fingerprint density at radius 3 is 2.62 bits per heavy atom. The molecule has 0 atom stereocenters. The van der Waals surface area contributed by atoms with Gasteiger partial charge in [0.25, 0.3) is 5.91 Å². The molecule has 1 aliphatic heterocycles. The quantitative estimate of drug-likeness (QED) is 0.586. The zero-order valence-electron chi connectivity index (χ0n) is 13.6. The number of ether oxygens (including phenoxy) is 1. The molecule has 0 unspecified atom stereocenters.